The topological polar surface area (TPSA) is 120 Å². The number of hydrogen-bond acceptors (Lipinski definition) is 6. The molecule has 37 heavy (non-hydrogen) atoms. The van der Waals surface area contributed by atoms with Gasteiger partial charge in [-0.1, -0.05) is 6.92 Å². The van der Waals surface area contributed by atoms with Crippen LogP contribution in [0.2, 0.25) is 0 Å². The van der Waals surface area contributed by atoms with Gasteiger partial charge in [0.2, 0.25) is 11.9 Å². The Morgan fingerprint density at radius 2 is 2.05 bits per heavy atom. The molecule has 0 saturated heterocycles. The number of pyridine rings is 1. The van der Waals surface area contributed by atoms with Crippen LogP contribution < -0.4 is 10.6 Å². The molecule has 0 radical (unpaired) electrons. The maximum atomic E-state index is 13.3. The number of halogens is 1. The first-order valence-electron chi connectivity index (χ1n) is 11.9. The molecule has 0 bridgehead atoms. The summed E-state index contributed by atoms with van der Waals surface area (Å²) in [6, 6.07) is 9.29. The second kappa shape index (κ2) is 10.5. The molecule has 190 valence electrons. The van der Waals surface area contributed by atoms with Crippen LogP contribution in [0, 0.1) is 5.95 Å². The van der Waals surface area contributed by atoms with Crippen LogP contribution in [0.25, 0.3) is 10.9 Å². The molecule has 1 aromatic carbocycles. The van der Waals surface area contributed by atoms with Crippen LogP contribution >= 0.6 is 11.3 Å². The molecule has 3 amide bonds. The van der Waals surface area contributed by atoms with Crippen LogP contribution in [0.5, 0.6) is 0 Å². The molecule has 9 nitrogen and oxygen atoms in total. The number of nitrogens with one attached hydrogen (secondary N) is 3. The van der Waals surface area contributed by atoms with Crippen molar-refractivity contribution in [1.29, 1.82) is 0 Å². The van der Waals surface area contributed by atoms with E-state index in [0.717, 1.165) is 21.3 Å². The van der Waals surface area contributed by atoms with Crippen molar-refractivity contribution in [1.82, 2.24) is 30.7 Å². The number of rotatable bonds is 7. The molecule has 0 spiro atoms. The van der Waals surface area contributed by atoms with Crippen molar-refractivity contribution in [2.45, 2.75) is 38.9 Å². The minimum atomic E-state index is -0.656. The van der Waals surface area contributed by atoms with Gasteiger partial charge in [-0.15, -0.1) is 11.3 Å². The zero-order chi connectivity index (χ0) is 25.9. The Hall–Kier alpha value is -4.12. The molecule has 3 N–H and O–H groups in total. The lowest BCUT2D eigenvalue weighted by Gasteiger charge is -2.30. The fraction of sp³-hybridized carbons (Fsp3) is 0.269. The summed E-state index contributed by atoms with van der Waals surface area (Å²) < 4.78 is 13.3. The SMILES string of the molecule is CCC(NC(=O)c1ccc2[nH]ncc2c1)C(=O)N1CCc2sc(C(=O)NCc3ccnc(F)c3)cc2C1. The summed E-state index contributed by atoms with van der Waals surface area (Å²) in [5.41, 5.74) is 2.84. The number of amides is 3. The van der Waals surface area contributed by atoms with E-state index in [1.54, 1.807) is 35.4 Å². The summed E-state index contributed by atoms with van der Waals surface area (Å²) >= 11 is 1.41. The number of aromatic amines is 1. The number of fused-ring (bicyclic) bond motifs is 2. The lowest BCUT2D eigenvalue weighted by atomic mass is 10.1. The van der Waals surface area contributed by atoms with Gasteiger partial charge in [0.1, 0.15) is 6.04 Å². The number of benzene rings is 1. The summed E-state index contributed by atoms with van der Waals surface area (Å²) in [7, 11) is 0. The van der Waals surface area contributed by atoms with Crippen molar-refractivity contribution in [2.24, 2.45) is 0 Å². The predicted molar refractivity (Wildman–Crippen MR) is 136 cm³/mol. The Morgan fingerprint density at radius 3 is 2.86 bits per heavy atom. The van der Waals surface area contributed by atoms with Crippen LogP contribution in [0.4, 0.5) is 4.39 Å². The molecule has 4 aromatic rings. The molecule has 5 rings (SSSR count). The second-order valence-corrected chi connectivity index (χ2v) is 9.98. The van der Waals surface area contributed by atoms with Crippen molar-refractivity contribution in [2.75, 3.05) is 6.54 Å². The van der Waals surface area contributed by atoms with Crippen LogP contribution in [-0.4, -0.2) is 50.4 Å². The van der Waals surface area contributed by atoms with Gasteiger partial charge in [0.25, 0.3) is 11.8 Å². The van der Waals surface area contributed by atoms with Crippen LogP contribution in [0.3, 0.4) is 0 Å². The zero-order valence-corrected chi connectivity index (χ0v) is 20.9. The van der Waals surface area contributed by atoms with Gasteiger partial charge in [0.15, 0.2) is 0 Å². The standard InChI is InChI=1S/C26H25FN6O3S/c1-2-19(31-24(34)16-3-4-20-17(10-16)13-30-32-20)26(36)33-8-6-21-18(14-33)11-22(37-21)25(35)29-12-15-5-7-28-23(27)9-15/h3-5,7,9-11,13,19H,2,6,8,12,14H2,1H3,(H,29,35)(H,30,32)(H,31,34). The highest BCUT2D eigenvalue weighted by Crippen LogP contribution is 2.29. The Morgan fingerprint density at radius 1 is 1.19 bits per heavy atom. The molecule has 1 atom stereocenters. The van der Waals surface area contributed by atoms with E-state index in [1.165, 1.54) is 23.6 Å². The van der Waals surface area contributed by atoms with E-state index < -0.39 is 12.0 Å². The highest BCUT2D eigenvalue weighted by molar-refractivity contribution is 7.14. The molecule has 1 unspecified atom stereocenters. The largest absolute Gasteiger partial charge is 0.347 e. The van der Waals surface area contributed by atoms with E-state index in [1.807, 2.05) is 13.0 Å². The highest BCUT2D eigenvalue weighted by Gasteiger charge is 2.29. The summed E-state index contributed by atoms with van der Waals surface area (Å²) in [6.45, 7) is 2.94. The first-order chi connectivity index (χ1) is 17.9. The Kier molecular flexibility index (Phi) is 6.95. The summed E-state index contributed by atoms with van der Waals surface area (Å²) in [5, 5.41) is 13.3. The van der Waals surface area contributed by atoms with Crippen molar-refractivity contribution in [3.05, 3.63) is 81.2 Å². The van der Waals surface area contributed by atoms with E-state index >= 15 is 0 Å². The monoisotopic (exact) mass is 520 g/mol. The van der Waals surface area contributed by atoms with Gasteiger partial charge in [-0.25, -0.2) is 4.98 Å². The first-order valence-corrected chi connectivity index (χ1v) is 12.8. The van der Waals surface area contributed by atoms with E-state index in [2.05, 4.69) is 25.8 Å². The van der Waals surface area contributed by atoms with E-state index in [9.17, 15) is 18.8 Å². The van der Waals surface area contributed by atoms with Crippen LogP contribution in [-0.2, 0) is 24.3 Å². The van der Waals surface area contributed by atoms with Crippen molar-refractivity contribution in [3.63, 3.8) is 0 Å². The minimum absolute atomic E-state index is 0.150. The van der Waals surface area contributed by atoms with Crippen molar-refractivity contribution >= 4 is 40.0 Å². The molecule has 3 aromatic heterocycles. The smallest absolute Gasteiger partial charge is 0.261 e. The van der Waals surface area contributed by atoms with E-state index in [-0.39, 0.29) is 24.3 Å². The van der Waals surface area contributed by atoms with Crippen LogP contribution in [0.1, 0.15) is 49.4 Å². The number of thiophene rings is 1. The van der Waals surface area contributed by atoms with Crippen molar-refractivity contribution in [3.8, 4) is 0 Å². The number of hydrogen-bond donors (Lipinski definition) is 3. The lowest BCUT2D eigenvalue weighted by Crippen LogP contribution is -2.49. The first kappa shape index (κ1) is 24.6. The quantitative estimate of drug-likeness (QED) is 0.323. The fourth-order valence-corrected chi connectivity index (χ4v) is 5.42. The third-order valence-corrected chi connectivity index (χ3v) is 7.60. The third-order valence-electron chi connectivity index (χ3n) is 6.36. The minimum Gasteiger partial charge on any atom is -0.347 e. The Labute approximate surface area is 216 Å². The second-order valence-electron chi connectivity index (χ2n) is 8.84. The number of nitrogens with zero attached hydrogens (tertiary/aromatic N) is 3. The molecular weight excluding hydrogens is 495 g/mol. The molecule has 11 heteroatoms. The zero-order valence-electron chi connectivity index (χ0n) is 20.1. The highest BCUT2D eigenvalue weighted by atomic mass is 32.1. The maximum Gasteiger partial charge on any atom is 0.261 e. The molecule has 0 aliphatic carbocycles. The molecule has 0 fully saturated rings. The van der Waals surface area contributed by atoms with Gasteiger partial charge >= 0.3 is 0 Å². The third kappa shape index (κ3) is 5.36. The van der Waals surface area contributed by atoms with Gasteiger partial charge in [-0.05, 0) is 60.4 Å². The molecule has 4 heterocycles. The molecule has 1 aliphatic heterocycles. The normalized spacial score (nSPS) is 13.7. The van der Waals surface area contributed by atoms with Gasteiger partial charge in [0.05, 0.1) is 16.6 Å². The molecular formula is C26H25FN6O3S. The van der Waals surface area contributed by atoms with Crippen LogP contribution in [0.15, 0.2) is 48.8 Å². The number of aromatic nitrogens is 3. The van der Waals surface area contributed by atoms with Gasteiger partial charge in [-0.2, -0.15) is 9.49 Å². The van der Waals surface area contributed by atoms with E-state index in [4.69, 9.17) is 0 Å². The number of carbonyl (C=O) groups excluding carboxylic acids is 3. The molecule has 0 saturated carbocycles. The van der Waals surface area contributed by atoms with Gasteiger partial charge in [-0.3, -0.25) is 19.5 Å². The predicted octanol–water partition coefficient (Wildman–Crippen LogP) is 3.18. The number of carbonyl (C=O) groups is 3. The Bertz CT molecular complexity index is 1480. The van der Waals surface area contributed by atoms with Gasteiger partial charge < -0.3 is 15.5 Å². The number of H-pyrrole nitrogens is 1. The Balaban J connectivity index is 1.21. The summed E-state index contributed by atoms with van der Waals surface area (Å²) in [5.74, 6) is -1.31. The average Bonchev–Trinajstić information content (AvgIpc) is 3.56. The van der Waals surface area contributed by atoms with E-state index in [0.29, 0.717) is 41.9 Å². The fourth-order valence-electron chi connectivity index (χ4n) is 4.34. The average molecular weight is 521 g/mol. The summed E-state index contributed by atoms with van der Waals surface area (Å²) in [4.78, 5) is 45.7. The van der Waals surface area contributed by atoms with Gasteiger partial charge in [0, 0.05) is 41.7 Å². The van der Waals surface area contributed by atoms with Crippen molar-refractivity contribution < 1.29 is 18.8 Å². The lowest BCUT2D eigenvalue weighted by molar-refractivity contribution is -0.134. The summed E-state index contributed by atoms with van der Waals surface area (Å²) in [6.07, 6.45) is 4.09. The maximum absolute atomic E-state index is 13.3. The molecule has 1 aliphatic rings.